The molecule has 1 unspecified atom stereocenters. The lowest BCUT2D eigenvalue weighted by Gasteiger charge is -2.13. The summed E-state index contributed by atoms with van der Waals surface area (Å²) in [6, 6.07) is 15.1. The molecule has 0 radical (unpaired) electrons. The van der Waals surface area contributed by atoms with Gasteiger partial charge in [-0.15, -0.1) is 0 Å². The van der Waals surface area contributed by atoms with Crippen LogP contribution in [0, 0.1) is 6.92 Å². The number of hydrogen-bond acceptors (Lipinski definition) is 5. The number of rotatable bonds is 2. The first-order valence-corrected chi connectivity index (χ1v) is 7.30. The highest BCUT2D eigenvalue weighted by atomic mass is 16.5. The molecule has 4 rings (SSSR count). The number of fused-ring (bicyclic) bond motifs is 1. The van der Waals surface area contributed by atoms with Gasteiger partial charge >= 0.3 is 0 Å². The molecule has 112 valence electrons. The van der Waals surface area contributed by atoms with Gasteiger partial charge in [0.1, 0.15) is 5.92 Å². The monoisotopic (exact) mass is 303 g/mol. The molecule has 23 heavy (non-hydrogen) atoms. The second kappa shape index (κ2) is 5.28. The van der Waals surface area contributed by atoms with Crippen LogP contribution in [0.2, 0.25) is 0 Å². The van der Waals surface area contributed by atoms with Crippen LogP contribution < -0.4 is 0 Å². The minimum absolute atomic E-state index is 0.0743. The molecule has 0 saturated heterocycles. The third-order valence-electron chi connectivity index (χ3n) is 3.83. The Hall–Kier alpha value is -3.08. The van der Waals surface area contributed by atoms with E-state index in [1.165, 1.54) is 0 Å². The van der Waals surface area contributed by atoms with E-state index in [0.29, 0.717) is 17.1 Å². The summed E-state index contributed by atoms with van der Waals surface area (Å²) in [6.07, 6.45) is 1.57. The van der Waals surface area contributed by atoms with Crippen molar-refractivity contribution in [2.75, 3.05) is 0 Å². The largest absolute Gasteiger partial charge is 0.338 e. The molecule has 5 nitrogen and oxygen atoms in total. The molecular weight excluding hydrogens is 290 g/mol. The predicted octanol–water partition coefficient (Wildman–Crippen LogP) is 3.73. The molecule has 0 aliphatic carbocycles. The first kappa shape index (κ1) is 13.6. The second-order valence-electron chi connectivity index (χ2n) is 5.46. The number of Topliss-reactive ketones (excluding diaryl/α,β-unsaturated/α-hetero) is 1. The van der Waals surface area contributed by atoms with E-state index in [1.54, 1.807) is 12.3 Å². The zero-order chi connectivity index (χ0) is 15.8. The van der Waals surface area contributed by atoms with Crippen LogP contribution in [-0.2, 0) is 0 Å². The number of hydrogen-bond donors (Lipinski definition) is 0. The molecule has 0 amide bonds. The molecule has 1 aromatic heterocycles. The molecule has 0 spiro atoms. The van der Waals surface area contributed by atoms with Crippen molar-refractivity contribution in [2.24, 2.45) is 4.99 Å². The number of aryl methyl sites for hydroxylation is 1. The van der Waals surface area contributed by atoms with Crippen molar-refractivity contribution < 1.29 is 9.32 Å². The maximum atomic E-state index is 12.6. The lowest BCUT2D eigenvalue weighted by Crippen LogP contribution is -2.18. The number of carbonyl (C=O) groups is 1. The molecule has 0 bridgehead atoms. The van der Waals surface area contributed by atoms with Crippen LogP contribution in [0.25, 0.3) is 11.4 Å². The Kier molecular flexibility index (Phi) is 3.12. The molecular formula is C18H13N3O2. The average Bonchev–Trinajstić information content (AvgIpc) is 3.06. The minimum Gasteiger partial charge on any atom is -0.338 e. The van der Waals surface area contributed by atoms with Gasteiger partial charge in [-0.05, 0) is 19.1 Å². The SMILES string of the molecule is Cc1ccc(-c2noc(C3C=Nc4ccccc4C3=O)n2)cc1. The van der Waals surface area contributed by atoms with E-state index in [4.69, 9.17) is 4.52 Å². The molecule has 0 N–H and O–H groups in total. The Morgan fingerprint density at radius 3 is 2.65 bits per heavy atom. The summed E-state index contributed by atoms with van der Waals surface area (Å²) in [6.45, 7) is 2.01. The van der Waals surface area contributed by atoms with Crippen molar-refractivity contribution in [3.05, 3.63) is 65.5 Å². The van der Waals surface area contributed by atoms with Crippen molar-refractivity contribution in [2.45, 2.75) is 12.8 Å². The maximum Gasteiger partial charge on any atom is 0.243 e. The quantitative estimate of drug-likeness (QED) is 0.723. The van der Waals surface area contributed by atoms with E-state index in [9.17, 15) is 4.79 Å². The van der Waals surface area contributed by atoms with Gasteiger partial charge in [0.2, 0.25) is 11.7 Å². The van der Waals surface area contributed by atoms with E-state index in [0.717, 1.165) is 11.1 Å². The number of nitrogens with zero attached hydrogens (tertiary/aromatic N) is 3. The van der Waals surface area contributed by atoms with Crippen LogP contribution in [0.5, 0.6) is 0 Å². The molecule has 0 fully saturated rings. The summed E-state index contributed by atoms with van der Waals surface area (Å²) in [5, 5.41) is 3.98. The summed E-state index contributed by atoms with van der Waals surface area (Å²) in [4.78, 5) is 21.3. The fraction of sp³-hybridized carbons (Fsp3) is 0.111. The maximum absolute atomic E-state index is 12.6. The minimum atomic E-state index is -0.628. The van der Waals surface area contributed by atoms with Gasteiger partial charge in [-0.1, -0.05) is 47.1 Å². The Bertz CT molecular complexity index is 910. The molecule has 1 aliphatic heterocycles. The Balaban J connectivity index is 1.68. The zero-order valence-electron chi connectivity index (χ0n) is 12.4. The van der Waals surface area contributed by atoms with Crippen LogP contribution in [-0.4, -0.2) is 22.1 Å². The second-order valence-corrected chi connectivity index (χ2v) is 5.46. The van der Waals surface area contributed by atoms with Gasteiger partial charge in [0.25, 0.3) is 0 Å². The lowest BCUT2D eigenvalue weighted by atomic mass is 9.94. The van der Waals surface area contributed by atoms with E-state index < -0.39 is 5.92 Å². The molecule has 2 heterocycles. The normalized spacial score (nSPS) is 16.4. The summed E-state index contributed by atoms with van der Waals surface area (Å²) in [5.41, 5.74) is 3.26. The van der Waals surface area contributed by atoms with Crippen molar-refractivity contribution in [3.8, 4) is 11.4 Å². The molecule has 1 atom stereocenters. The third-order valence-corrected chi connectivity index (χ3v) is 3.83. The Morgan fingerprint density at radius 1 is 1.04 bits per heavy atom. The molecule has 3 aromatic rings. The number of carbonyl (C=O) groups excluding carboxylic acids is 1. The molecule has 1 aliphatic rings. The fourth-order valence-corrected chi connectivity index (χ4v) is 2.54. The average molecular weight is 303 g/mol. The first-order chi connectivity index (χ1) is 11.2. The van der Waals surface area contributed by atoms with Gasteiger partial charge in [0.15, 0.2) is 5.78 Å². The summed E-state index contributed by atoms with van der Waals surface area (Å²) < 4.78 is 5.30. The van der Waals surface area contributed by atoms with Crippen LogP contribution in [0.15, 0.2) is 58.0 Å². The Labute approximate surface area is 132 Å². The van der Waals surface area contributed by atoms with Gasteiger partial charge in [-0.25, -0.2) is 0 Å². The van der Waals surface area contributed by atoms with Gasteiger partial charge in [0, 0.05) is 17.3 Å². The third kappa shape index (κ3) is 2.36. The van der Waals surface area contributed by atoms with Crippen LogP contribution >= 0.6 is 0 Å². The van der Waals surface area contributed by atoms with Crippen LogP contribution in [0.3, 0.4) is 0 Å². The number of aromatic nitrogens is 2. The summed E-state index contributed by atoms with van der Waals surface area (Å²) in [7, 11) is 0. The highest BCUT2D eigenvalue weighted by molar-refractivity contribution is 6.15. The Morgan fingerprint density at radius 2 is 1.83 bits per heavy atom. The van der Waals surface area contributed by atoms with Crippen LogP contribution in [0.1, 0.15) is 27.7 Å². The van der Waals surface area contributed by atoms with E-state index in [-0.39, 0.29) is 11.7 Å². The highest BCUT2D eigenvalue weighted by Crippen LogP contribution is 2.30. The topological polar surface area (TPSA) is 68.3 Å². The van der Waals surface area contributed by atoms with Crippen molar-refractivity contribution >= 4 is 17.7 Å². The molecule has 0 saturated carbocycles. The smallest absolute Gasteiger partial charge is 0.243 e. The van der Waals surface area contributed by atoms with Crippen LogP contribution in [0.4, 0.5) is 5.69 Å². The van der Waals surface area contributed by atoms with Crippen molar-refractivity contribution in [1.82, 2.24) is 10.1 Å². The lowest BCUT2D eigenvalue weighted by molar-refractivity contribution is 0.0971. The van der Waals surface area contributed by atoms with Gasteiger partial charge < -0.3 is 4.52 Å². The van der Waals surface area contributed by atoms with Crippen molar-refractivity contribution in [1.29, 1.82) is 0 Å². The highest BCUT2D eigenvalue weighted by Gasteiger charge is 2.30. The fourth-order valence-electron chi connectivity index (χ4n) is 2.54. The summed E-state index contributed by atoms with van der Waals surface area (Å²) >= 11 is 0. The number of aliphatic imine (C=N–C) groups is 1. The molecule has 2 aromatic carbocycles. The van der Waals surface area contributed by atoms with E-state index >= 15 is 0 Å². The van der Waals surface area contributed by atoms with Gasteiger partial charge in [-0.3, -0.25) is 9.79 Å². The zero-order valence-corrected chi connectivity index (χ0v) is 12.4. The standard InChI is InChI=1S/C18H13N3O2/c1-11-6-8-12(9-7-11)17-20-18(23-21-17)14-10-19-15-5-3-2-4-13(15)16(14)22/h2-10,14H,1H3. The van der Waals surface area contributed by atoms with Gasteiger partial charge in [-0.2, -0.15) is 4.98 Å². The molecule has 5 heteroatoms. The van der Waals surface area contributed by atoms with Crippen molar-refractivity contribution in [3.63, 3.8) is 0 Å². The number of ketones is 1. The van der Waals surface area contributed by atoms with E-state index in [1.807, 2.05) is 49.4 Å². The first-order valence-electron chi connectivity index (χ1n) is 7.30. The predicted molar refractivity (Wildman–Crippen MR) is 86.1 cm³/mol. The number of benzene rings is 2. The van der Waals surface area contributed by atoms with E-state index in [2.05, 4.69) is 15.1 Å². The van der Waals surface area contributed by atoms with Gasteiger partial charge in [0.05, 0.1) is 5.69 Å². The number of para-hydroxylation sites is 1. The summed E-state index contributed by atoms with van der Waals surface area (Å²) in [5.74, 6) is 0.0372.